The van der Waals surface area contributed by atoms with Crippen molar-refractivity contribution in [3.63, 3.8) is 0 Å². The Bertz CT molecular complexity index is 917. The number of amides is 1. The van der Waals surface area contributed by atoms with Crippen LogP contribution in [0.25, 0.3) is 11.1 Å². The standard InChI is InChI=1S/C22H25N3O3/c26-22(23-9-4-10-25-11-13-27-14-12-25)18-7-8-19-20(16-18)28-21(24-19)15-17-5-2-1-3-6-17/h1-3,5-8,16H,4,9-15H2,(H,23,26). The molecule has 0 unspecified atom stereocenters. The van der Waals surface area contributed by atoms with E-state index in [1.165, 1.54) is 0 Å². The molecule has 28 heavy (non-hydrogen) atoms. The predicted molar refractivity (Wildman–Crippen MR) is 107 cm³/mol. The van der Waals surface area contributed by atoms with E-state index in [4.69, 9.17) is 9.15 Å². The number of nitrogens with one attached hydrogen (secondary N) is 1. The summed E-state index contributed by atoms with van der Waals surface area (Å²) in [4.78, 5) is 19.3. The van der Waals surface area contributed by atoms with Crippen molar-refractivity contribution < 1.29 is 13.9 Å². The molecular weight excluding hydrogens is 354 g/mol. The first-order valence-corrected chi connectivity index (χ1v) is 9.79. The van der Waals surface area contributed by atoms with Crippen LogP contribution in [0.4, 0.5) is 0 Å². The van der Waals surface area contributed by atoms with Gasteiger partial charge in [-0.1, -0.05) is 30.3 Å². The van der Waals surface area contributed by atoms with Crippen molar-refractivity contribution in [2.45, 2.75) is 12.8 Å². The zero-order valence-electron chi connectivity index (χ0n) is 15.9. The molecule has 4 rings (SSSR count). The van der Waals surface area contributed by atoms with Crippen molar-refractivity contribution in [3.8, 4) is 0 Å². The lowest BCUT2D eigenvalue weighted by Gasteiger charge is -2.26. The molecule has 1 amide bonds. The molecular formula is C22H25N3O3. The third kappa shape index (κ3) is 4.77. The number of oxazole rings is 1. The fourth-order valence-corrected chi connectivity index (χ4v) is 3.39. The van der Waals surface area contributed by atoms with E-state index in [-0.39, 0.29) is 5.91 Å². The maximum atomic E-state index is 12.4. The second-order valence-electron chi connectivity index (χ2n) is 7.02. The zero-order valence-corrected chi connectivity index (χ0v) is 15.9. The minimum atomic E-state index is -0.0788. The number of fused-ring (bicyclic) bond motifs is 1. The van der Waals surface area contributed by atoms with E-state index in [0.717, 1.165) is 50.3 Å². The maximum absolute atomic E-state index is 12.4. The second-order valence-corrected chi connectivity index (χ2v) is 7.02. The first-order chi connectivity index (χ1) is 13.8. The van der Waals surface area contributed by atoms with Crippen LogP contribution in [0.15, 0.2) is 52.9 Å². The van der Waals surface area contributed by atoms with Crippen LogP contribution in [0, 0.1) is 0 Å². The van der Waals surface area contributed by atoms with E-state index < -0.39 is 0 Å². The molecule has 1 N–H and O–H groups in total. The molecule has 0 bridgehead atoms. The minimum absolute atomic E-state index is 0.0788. The number of ether oxygens (including phenoxy) is 1. The highest BCUT2D eigenvalue weighted by Crippen LogP contribution is 2.19. The highest BCUT2D eigenvalue weighted by atomic mass is 16.5. The van der Waals surface area contributed by atoms with Crippen LogP contribution in [0.3, 0.4) is 0 Å². The maximum Gasteiger partial charge on any atom is 0.251 e. The van der Waals surface area contributed by atoms with Crippen LogP contribution in [0.1, 0.15) is 28.2 Å². The molecule has 3 aromatic rings. The number of rotatable bonds is 7. The smallest absolute Gasteiger partial charge is 0.251 e. The van der Waals surface area contributed by atoms with E-state index in [1.54, 1.807) is 12.1 Å². The first-order valence-electron chi connectivity index (χ1n) is 9.79. The summed E-state index contributed by atoms with van der Waals surface area (Å²) in [5.74, 6) is 0.578. The van der Waals surface area contributed by atoms with E-state index in [2.05, 4.69) is 15.2 Å². The van der Waals surface area contributed by atoms with Crippen molar-refractivity contribution in [3.05, 3.63) is 65.5 Å². The van der Waals surface area contributed by atoms with E-state index >= 15 is 0 Å². The largest absolute Gasteiger partial charge is 0.440 e. The topological polar surface area (TPSA) is 67.6 Å². The molecule has 146 valence electrons. The van der Waals surface area contributed by atoms with Gasteiger partial charge in [-0.15, -0.1) is 0 Å². The molecule has 1 fully saturated rings. The molecule has 6 heteroatoms. The number of aromatic nitrogens is 1. The number of nitrogens with zero attached hydrogens (tertiary/aromatic N) is 2. The minimum Gasteiger partial charge on any atom is -0.440 e. The third-order valence-corrected chi connectivity index (χ3v) is 4.93. The Labute approximate surface area is 164 Å². The van der Waals surface area contributed by atoms with Crippen LogP contribution in [0.5, 0.6) is 0 Å². The monoisotopic (exact) mass is 379 g/mol. The summed E-state index contributed by atoms with van der Waals surface area (Å²) in [7, 11) is 0. The summed E-state index contributed by atoms with van der Waals surface area (Å²) in [6, 6.07) is 15.5. The summed E-state index contributed by atoms with van der Waals surface area (Å²) in [6.45, 7) is 5.19. The van der Waals surface area contributed by atoms with Crippen LogP contribution in [-0.2, 0) is 11.2 Å². The van der Waals surface area contributed by atoms with Gasteiger partial charge in [0.25, 0.3) is 5.91 Å². The molecule has 1 aliphatic rings. The number of hydrogen-bond acceptors (Lipinski definition) is 5. The van der Waals surface area contributed by atoms with Gasteiger partial charge in [0.05, 0.1) is 13.2 Å². The first kappa shape index (κ1) is 18.7. The lowest BCUT2D eigenvalue weighted by atomic mass is 10.1. The van der Waals surface area contributed by atoms with Crippen LogP contribution < -0.4 is 5.32 Å². The van der Waals surface area contributed by atoms with E-state index in [9.17, 15) is 4.79 Å². The Balaban J connectivity index is 1.32. The number of hydrogen-bond donors (Lipinski definition) is 1. The Hall–Kier alpha value is -2.70. The lowest BCUT2D eigenvalue weighted by Crippen LogP contribution is -2.38. The van der Waals surface area contributed by atoms with Crippen molar-refractivity contribution in [1.82, 2.24) is 15.2 Å². The van der Waals surface area contributed by atoms with Crippen molar-refractivity contribution in [2.24, 2.45) is 0 Å². The third-order valence-electron chi connectivity index (χ3n) is 4.93. The quantitative estimate of drug-likeness (QED) is 0.640. The Morgan fingerprint density at radius 2 is 1.93 bits per heavy atom. The molecule has 1 aliphatic heterocycles. The molecule has 1 saturated heterocycles. The summed E-state index contributed by atoms with van der Waals surface area (Å²) < 4.78 is 11.2. The molecule has 2 heterocycles. The Morgan fingerprint density at radius 3 is 2.75 bits per heavy atom. The fourth-order valence-electron chi connectivity index (χ4n) is 3.39. The van der Waals surface area contributed by atoms with Gasteiger partial charge >= 0.3 is 0 Å². The van der Waals surface area contributed by atoms with Crippen molar-refractivity contribution in [1.29, 1.82) is 0 Å². The van der Waals surface area contributed by atoms with Gasteiger partial charge in [0.1, 0.15) is 5.52 Å². The number of morpholine rings is 1. The normalized spacial score (nSPS) is 15.0. The van der Waals surface area contributed by atoms with Gasteiger partial charge in [-0.3, -0.25) is 9.69 Å². The molecule has 0 atom stereocenters. The van der Waals surface area contributed by atoms with Crippen LogP contribution in [0.2, 0.25) is 0 Å². The second kappa shape index (κ2) is 8.99. The summed E-state index contributed by atoms with van der Waals surface area (Å²) in [5, 5.41) is 2.99. The molecule has 0 spiro atoms. The Morgan fingerprint density at radius 1 is 1.11 bits per heavy atom. The fraction of sp³-hybridized carbons (Fsp3) is 0.364. The lowest BCUT2D eigenvalue weighted by molar-refractivity contribution is 0.0374. The van der Waals surface area contributed by atoms with Gasteiger partial charge in [0.15, 0.2) is 11.5 Å². The summed E-state index contributed by atoms with van der Waals surface area (Å²) in [6.07, 6.45) is 1.57. The summed E-state index contributed by atoms with van der Waals surface area (Å²) >= 11 is 0. The SMILES string of the molecule is O=C(NCCCN1CCOCC1)c1ccc2nc(Cc3ccccc3)oc2c1. The van der Waals surface area contributed by atoms with Crippen molar-refractivity contribution in [2.75, 3.05) is 39.4 Å². The van der Waals surface area contributed by atoms with E-state index in [0.29, 0.717) is 30.0 Å². The zero-order chi connectivity index (χ0) is 19.2. The van der Waals surface area contributed by atoms with Gasteiger partial charge in [0.2, 0.25) is 0 Å². The predicted octanol–water partition coefficient (Wildman–Crippen LogP) is 2.87. The molecule has 0 aliphatic carbocycles. The van der Waals surface area contributed by atoms with Crippen LogP contribution >= 0.6 is 0 Å². The molecule has 6 nitrogen and oxygen atoms in total. The van der Waals surface area contributed by atoms with Crippen LogP contribution in [-0.4, -0.2) is 55.2 Å². The molecule has 1 aromatic heterocycles. The molecule has 0 radical (unpaired) electrons. The number of carbonyl (C=O) groups is 1. The van der Waals surface area contributed by atoms with Gasteiger partial charge in [-0.05, 0) is 36.7 Å². The highest BCUT2D eigenvalue weighted by molar-refractivity contribution is 5.97. The number of carbonyl (C=O) groups excluding carboxylic acids is 1. The number of benzene rings is 2. The Kier molecular flexibility index (Phi) is 5.99. The average Bonchev–Trinajstić information content (AvgIpc) is 3.14. The molecule has 2 aromatic carbocycles. The molecule has 0 saturated carbocycles. The van der Waals surface area contributed by atoms with Gasteiger partial charge in [-0.25, -0.2) is 4.98 Å². The van der Waals surface area contributed by atoms with Gasteiger partial charge < -0.3 is 14.5 Å². The van der Waals surface area contributed by atoms with Gasteiger partial charge in [-0.2, -0.15) is 0 Å². The average molecular weight is 379 g/mol. The highest BCUT2D eigenvalue weighted by Gasteiger charge is 2.12. The summed E-state index contributed by atoms with van der Waals surface area (Å²) in [5.41, 5.74) is 3.16. The van der Waals surface area contributed by atoms with E-state index in [1.807, 2.05) is 36.4 Å². The van der Waals surface area contributed by atoms with Gasteiger partial charge in [0, 0.05) is 31.6 Å². The van der Waals surface area contributed by atoms with Crippen molar-refractivity contribution >= 4 is 17.0 Å².